The van der Waals surface area contributed by atoms with Crippen LogP contribution in [0.3, 0.4) is 0 Å². The molecular formula is C16H33N. The van der Waals surface area contributed by atoms with Crippen LogP contribution in [0.2, 0.25) is 0 Å². The van der Waals surface area contributed by atoms with Gasteiger partial charge in [-0.05, 0) is 51.4 Å². The van der Waals surface area contributed by atoms with E-state index < -0.39 is 0 Å². The van der Waals surface area contributed by atoms with Crippen LogP contribution in [0.4, 0.5) is 0 Å². The minimum atomic E-state index is 0.372. The van der Waals surface area contributed by atoms with E-state index in [0.29, 0.717) is 11.0 Å². The molecule has 0 bridgehead atoms. The first kappa shape index (κ1) is 15.0. The third-order valence-electron chi connectivity index (χ3n) is 4.70. The number of nitrogens with zero attached hydrogens (tertiary/aromatic N) is 1. The third-order valence-corrected chi connectivity index (χ3v) is 4.70. The summed E-state index contributed by atoms with van der Waals surface area (Å²) in [6, 6.07) is 0.747. The molecule has 1 nitrogen and oxygen atoms in total. The molecule has 17 heavy (non-hydrogen) atoms. The van der Waals surface area contributed by atoms with E-state index in [4.69, 9.17) is 0 Å². The minimum absolute atomic E-state index is 0.372. The van der Waals surface area contributed by atoms with Crippen molar-refractivity contribution in [1.29, 1.82) is 0 Å². The number of hydrogen-bond donors (Lipinski definition) is 0. The van der Waals surface area contributed by atoms with Crippen LogP contribution < -0.4 is 0 Å². The summed E-state index contributed by atoms with van der Waals surface area (Å²) in [5, 5.41) is 0. The lowest BCUT2D eigenvalue weighted by Crippen LogP contribution is -2.46. The lowest BCUT2D eigenvalue weighted by atomic mass is 9.89. The second-order valence-electron chi connectivity index (χ2n) is 7.71. The van der Waals surface area contributed by atoms with Crippen molar-refractivity contribution < 1.29 is 0 Å². The molecule has 1 heterocycles. The molecule has 0 aromatic rings. The van der Waals surface area contributed by atoms with E-state index in [1.807, 2.05) is 0 Å². The molecule has 1 saturated heterocycles. The van der Waals surface area contributed by atoms with E-state index in [9.17, 15) is 0 Å². The zero-order valence-corrected chi connectivity index (χ0v) is 13.1. The quantitative estimate of drug-likeness (QED) is 0.671. The fraction of sp³-hybridized carbons (Fsp3) is 1.00. The summed E-state index contributed by atoms with van der Waals surface area (Å²) in [6.07, 6.45) is 5.37. The zero-order chi connectivity index (χ0) is 13.3. The fourth-order valence-corrected chi connectivity index (χ4v) is 3.35. The minimum Gasteiger partial charge on any atom is -0.295 e. The van der Waals surface area contributed by atoms with Crippen molar-refractivity contribution >= 4 is 0 Å². The third kappa shape index (κ3) is 3.98. The van der Waals surface area contributed by atoms with Gasteiger partial charge in [0.2, 0.25) is 0 Å². The Balaban J connectivity index is 2.58. The Bertz CT molecular complexity index is 242. The Hall–Kier alpha value is -0.0400. The summed E-state index contributed by atoms with van der Waals surface area (Å²) in [5.41, 5.74) is 0.879. The molecule has 0 radical (unpaired) electrons. The van der Waals surface area contributed by atoms with Crippen LogP contribution in [0, 0.1) is 11.3 Å². The van der Waals surface area contributed by atoms with Crippen molar-refractivity contribution in [3.63, 3.8) is 0 Å². The summed E-state index contributed by atoms with van der Waals surface area (Å²) in [6.45, 7) is 18.1. The normalized spacial score (nSPS) is 27.4. The number of hydrogen-bond acceptors (Lipinski definition) is 1. The highest BCUT2D eigenvalue weighted by molar-refractivity contribution is 4.96. The van der Waals surface area contributed by atoms with Crippen LogP contribution in [-0.2, 0) is 0 Å². The van der Waals surface area contributed by atoms with Crippen molar-refractivity contribution in [1.82, 2.24) is 4.90 Å². The summed E-state index contributed by atoms with van der Waals surface area (Å²) < 4.78 is 0. The SMILES string of the molecule is CCC(C)CCC(C)(C)N1CC(C)(C)CC1C. The van der Waals surface area contributed by atoms with Crippen LogP contribution >= 0.6 is 0 Å². The highest BCUT2D eigenvalue weighted by Gasteiger charge is 2.41. The Morgan fingerprint density at radius 2 is 1.94 bits per heavy atom. The zero-order valence-electron chi connectivity index (χ0n) is 13.1. The van der Waals surface area contributed by atoms with Gasteiger partial charge in [-0.3, -0.25) is 4.90 Å². The predicted octanol–water partition coefficient (Wildman–Crippen LogP) is 4.71. The van der Waals surface area contributed by atoms with Gasteiger partial charge < -0.3 is 0 Å². The molecular weight excluding hydrogens is 206 g/mol. The van der Waals surface area contributed by atoms with Gasteiger partial charge in [0.25, 0.3) is 0 Å². The molecule has 0 N–H and O–H groups in total. The van der Waals surface area contributed by atoms with Crippen LogP contribution in [0.25, 0.3) is 0 Å². The Morgan fingerprint density at radius 1 is 1.35 bits per heavy atom. The molecule has 102 valence electrons. The van der Waals surface area contributed by atoms with E-state index in [1.54, 1.807) is 0 Å². The molecule has 0 aromatic heterocycles. The Labute approximate surface area is 109 Å². The van der Waals surface area contributed by atoms with Gasteiger partial charge in [0.05, 0.1) is 0 Å². The summed E-state index contributed by atoms with van der Waals surface area (Å²) in [7, 11) is 0. The van der Waals surface area contributed by atoms with Gasteiger partial charge in [-0.2, -0.15) is 0 Å². The highest BCUT2D eigenvalue weighted by atomic mass is 15.2. The molecule has 1 aliphatic rings. The molecule has 2 unspecified atom stereocenters. The average molecular weight is 239 g/mol. The van der Waals surface area contributed by atoms with Crippen LogP contribution in [0.5, 0.6) is 0 Å². The Kier molecular flexibility index (Phi) is 4.68. The van der Waals surface area contributed by atoms with Crippen LogP contribution in [0.1, 0.15) is 74.1 Å². The molecule has 0 aromatic carbocycles. The predicted molar refractivity (Wildman–Crippen MR) is 77.3 cm³/mol. The molecule has 0 amide bonds. The van der Waals surface area contributed by atoms with Gasteiger partial charge in [0, 0.05) is 18.1 Å². The molecule has 2 atom stereocenters. The second kappa shape index (κ2) is 5.30. The van der Waals surface area contributed by atoms with Gasteiger partial charge in [0.15, 0.2) is 0 Å². The largest absolute Gasteiger partial charge is 0.295 e. The summed E-state index contributed by atoms with van der Waals surface area (Å²) in [5.74, 6) is 0.875. The van der Waals surface area contributed by atoms with E-state index in [-0.39, 0.29) is 0 Å². The lowest BCUT2D eigenvalue weighted by Gasteiger charge is -2.40. The van der Waals surface area contributed by atoms with E-state index >= 15 is 0 Å². The van der Waals surface area contributed by atoms with Gasteiger partial charge in [-0.1, -0.05) is 34.1 Å². The van der Waals surface area contributed by atoms with Crippen molar-refractivity contribution in [3.05, 3.63) is 0 Å². The molecule has 0 aliphatic carbocycles. The van der Waals surface area contributed by atoms with Crippen LogP contribution in [-0.4, -0.2) is 23.0 Å². The van der Waals surface area contributed by atoms with Crippen molar-refractivity contribution in [3.8, 4) is 0 Å². The van der Waals surface area contributed by atoms with Gasteiger partial charge in [0.1, 0.15) is 0 Å². The lowest BCUT2D eigenvalue weighted by molar-refractivity contribution is 0.0903. The first-order valence-electron chi connectivity index (χ1n) is 7.45. The standard InChI is InChI=1S/C16H33N/c1-8-13(2)9-10-16(6,7)17-12-15(4,5)11-14(17)3/h13-14H,8-12H2,1-7H3. The average Bonchev–Trinajstić information content (AvgIpc) is 2.49. The van der Waals surface area contributed by atoms with E-state index in [0.717, 1.165) is 12.0 Å². The number of rotatable bonds is 5. The topological polar surface area (TPSA) is 3.24 Å². The summed E-state index contributed by atoms with van der Waals surface area (Å²) in [4.78, 5) is 2.75. The first-order valence-corrected chi connectivity index (χ1v) is 7.45. The van der Waals surface area contributed by atoms with Gasteiger partial charge >= 0.3 is 0 Å². The van der Waals surface area contributed by atoms with Crippen molar-refractivity contribution in [2.24, 2.45) is 11.3 Å². The molecule has 1 fully saturated rings. The van der Waals surface area contributed by atoms with E-state index in [2.05, 4.69) is 53.4 Å². The molecule has 0 saturated carbocycles. The van der Waals surface area contributed by atoms with Gasteiger partial charge in [-0.25, -0.2) is 0 Å². The first-order chi connectivity index (χ1) is 7.68. The van der Waals surface area contributed by atoms with Crippen LogP contribution in [0.15, 0.2) is 0 Å². The Morgan fingerprint density at radius 3 is 2.35 bits per heavy atom. The maximum absolute atomic E-state index is 2.75. The monoisotopic (exact) mass is 239 g/mol. The number of likely N-dealkylation sites (tertiary alicyclic amines) is 1. The molecule has 1 rings (SSSR count). The van der Waals surface area contributed by atoms with Crippen molar-refractivity contribution in [2.45, 2.75) is 85.7 Å². The molecule has 1 heteroatoms. The highest BCUT2D eigenvalue weighted by Crippen LogP contribution is 2.39. The van der Waals surface area contributed by atoms with Crippen molar-refractivity contribution in [2.75, 3.05) is 6.54 Å². The molecule has 1 aliphatic heterocycles. The van der Waals surface area contributed by atoms with E-state index in [1.165, 1.54) is 32.2 Å². The summed E-state index contributed by atoms with van der Waals surface area (Å²) >= 11 is 0. The fourth-order valence-electron chi connectivity index (χ4n) is 3.35. The molecule has 0 spiro atoms. The smallest absolute Gasteiger partial charge is 0.0156 e. The second-order valence-corrected chi connectivity index (χ2v) is 7.71. The maximum atomic E-state index is 2.75. The maximum Gasteiger partial charge on any atom is 0.0156 e. The van der Waals surface area contributed by atoms with Gasteiger partial charge in [-0.15, -0.1) is 0 Å².